The number of carbonyl (C=O) groups excluding carboxylic acids is 1. The number of aromatic nitrogens is 3. The topological polar surface area (TPSA) is 59.3 Å². The van der Waals surface area contributed by atoms with Crippen molar-refractivity contribution in [3.05, 3.63) is 59.5 Å². The van der Waals surface area contributed by atoms with Crippen LogP contribution in [0.4, 0.5) is 5.69 Å². The van der Waals surface area contributed by atoms with Crippen LogP contribution < -0.4 is 5.32 Å². The summed E-state index contributed by atoms with van der Waals surface area (Å²) in [6, 6.07) is 11.6. The Morgan fingerprint density at radius 3 is 2.67 bits per heavy atom. The zero-order chi connectivity index (χ0) is 14.8. The molecule has 5 heteroatoms. The monoisotopic (exact) mass is 280 g/mol. The quantitative estimate of drug-likeness (QED) is 0.802. The van der Waals surface area contributed by atoms with Crippen LogP contribution in [0.2, 0.25) is 0 Å². The van der Waals surface area contributed by atoms with Gasteiger partial charge in [-0.2, -0.15) is 0 Å². The number of rotatable bonds is 3. The Balaban J connectivity index is 1.78. The van der Waals surface area contributed by atoms with Crippen molar-refractivity contribution in [1.82, 2.24) is 14.6 Å². The van der Waals surface area contributed by atoms with Crippen LogP contribution in [0.25, 0.3) is 5.65 Å². The first-order chi connectivity index (χ1) is 10.1. The van der Waals surface area contributed by atoms with Gasteiger partial charge >= 0.3 is 0 Å². The molecule has 0 aliphatic carbocycles. The van der Waals surface area contributed by atoms with Crippen molar-refractivity contribution >= 4 is 17.2 Å². The largest absolute Gasteiger partial charge is 0.323 e. The van der Waals surface area contributed by atoms with E-state index in [1.807, 2.05) is 60.8 Å². The first kappa shape index (κ1) is 13.3. The molecule has 2 aromatic heterocycles. The van der Waals surface area contributed by atoms with E-state index in [4.69, 9.17) is 0 Å². The van der Waals surface area contributed by atoms with Crippen LogP contribution in [0, 0.1) is 13.8 Å². The third kappa shape index (κ3) is 2.76. The smallest absolute Gasteiger partial charge is 0.228 e. The zero-order valence-corrected chi connectivity index (χ0v) is 12.0. The maximum absolute atomic E-state index is 12.1. The minimum Gasteiger partial charge on any atom is -0.323 e. The van der Waals surface area contributed by atoms with Crippen LogP contribution >= 0.6 is 0 Å². The Bertz CT molecular complexity index is 790. The molecule has 3 aromatic rings. The molecule has 0 bridgehead atoms. The molecule has 1 N–H and O–H groups in total. The molecule has 0 unspecified atom stereocenters. The summed E-state index contributed by atoms with van der Waals surface area (Å²) in [5, 5.41) is 11.0. The molecule has 106 valence electrons. The second-order valence-corrected chi connectivity index (χ2v) is 5.07. The second-order valence-electron chi connectivity index (χ2n) is 5.07. The van der Waals surface area contributed by atoms with Gasteiger partial charge < -0.3 is 5.32 Å². The van der Waals surface area contributed by atoms with Gasteiger partial charge in [0.05, 0.1) is 12.1 Å². The van der Waals surface area contributed by atoms with Gasteiger partial charge in [-0.25, -0.2) is 0 Å². The maximum atomic E-state index is 12.1. The lowest BCUT2D eigenvalue weighted by Gasteiger charge is -2.06. The Morgan fingerprint density at radius 2 is 1.90 bits per heavy atom. The number of carbonyl (C=O) groups is 1. The van der Waals surface area contributed by atoms with Gasteiger partial charge in [0, 0.05) is 6.20 Å². The SMILES string of the molecule is Cc1ccc(CC(=O)Nc2cccn3c(C)nnc23)cc1. The number of hydrogen-bond donors (Lipinski definition) is 1. The summed E-state index contributed by atoms with van der Waals surface area (Å²) in [7, 11) is 0. The molecule has 0 fully saturated rings. The number of fused-ring (bicyclic) bond motifs is 1. The summed E-state index contributed by atoms with van der Waals surface area (Å²) in [6.45, 7) is 3.90. The standard InChI is InChI=1S/C16H16N4O/c1-11-5-7-13(8-6-11)10-15(21)17-14-4-3-9-20-12(2)18-19-16(14)20/h3-9H,10H2,1-2H3,(H,17,21). The highest BCUT2D eigenvalue weighted by molar-refractivity contribution is 5.95. The maximum Gasteiger partial charge on any atom is 0.228 e. The van der Waals surface area contributed by atoms with Gasteiger partial charge in [-0.1, -0.05) is 29.8 Å². The van der Waals surface area contributed by atoms with Crippen LogP contribution in [0.15, 0.2) is 42.6 Å². The van der Waals surface area contributed by atoms with Crippen molar-refractivity contribution in [2.24, 2.45) is 0 Å². The molecule has 2 heterocycles. The number of nitrogens with one attached hydrogen (secondary N) is 1. The average Bonchev–Trinajstić information content (AvgIpc) is 2.84. The molecule has 1 amide bonds. The van der Waals surface area contributed by atoms with Gasteiger partial charge in [0.15, 0.2) is 5.65 Å². The van der Waals surface area contributed by atoms with Gasteiger partial charge in [0.2, 0.25) is 5.91 Å². The molecule has 21 heavy (non-hydrogen) atoms. The highest BCUT2D eigenvalue weighted by atomic mass is 16.1. The molecule has 5 nitrogen and oxygen atoms in total. The summed E-state index contributed by atoms with van der Waals surface area (Å²) >= 11 is 0. The summed E-state index contributed by atoms with van der Waals surface area (Å²) in [4.78, 5) is 12.1. The van der Waals surface area contributed by atoms with Crippen LogP contribution in [-0.4, -0.2) is 20.5 Å². The number of amides is 1. The van der Waals surface area contributed by atoms with Gasteiger partial charge in [0.25, 0.3) is 0 Å². The third-order valence-corrected chi connectivity index (χ3v) is 3.36. The normalized spacial score (nSPS) is 10.8. The van der Waals surface area contributed by atoms with E-state index >= 15 is 0 Å². The van der Waals surface area contributed by atoms with E-state index in [1.165, 1.54) is 5.56 Å². The molecule has 0 saturated heterocycles. The number of benzene rings is 1. The lowest BCUT2D eigenvalue weighted by molar-refractivity contribution is -0.115. The van der Waals surface area contributed by atoms with E-state index in [1.54, 1.807) is 0 Å². The Kier molecular flexibility index (Phi) is 3.39. The van der Waals surface area contributed by atoms with E-state index in [0.717, 1.165) is 11.4 Å². The van der Waals surface area contributed by atoms with Crippen molar-refractivity contribution in [3.8, 4) is 0 Å². The van der Waals surface area contributed by atoms with Crippen molar-refractivity contribution in [1.29, 1.82) is 0 Å². The fraction of sp³-hybridized carbons (Fsp3) is 0.188. The van der Waals surface area contributed by atoms with Crippen molar-refractivity contribution in [2.45, 2.75) is 20.3 Å². The van der Waals surface area contributed by atoms with Gasteiger partial charge in [0.1, 0.15) is 5.82 Å². The highest BCUT2D eigenvalue weighted by Gasteiger charge is 2.09. The molecule has 0 spiro atoms. The molecule has 0 radical (unpaired) electrons. The van der Waals surface area contributed by atoms with Crippen molar-refractivity contribution in [3.63, 3.8) is 0 Å². The number of aryl methyl sites for hydroxylation is 2. The first-order valence-corrected chi connectivity index (χ1v) is 6.79. The molecule has 0 saturated carbocycles. The Morgan fingerprint density at radius 1 is 1.14 bits per heavy atom. The molecule has 0 aliphatic heterocycles. The Hall–Kier alpha value is -2.69. The number of nitrogens with zero attached hydrogens (tertiary/aromatic N) is 3. The average molecular weight is 280 g/mol. The van der Waals surface area contributed by atoms with Crippen molar-refractivity contribution in [2.75, 3.05) is 5.32 Å². The van der Waals surface area contributed by atoms with Gasteiger partial charge in [-0.05, 0) is 31.5 Å². The molecule has 0 atom stereocenters. The van der Waals surface area contributed by atoms with E-state index < -0.39 is 0 Å². The van der Waals surface area contributed by atoms with Gasteiger partial charge in [-0.15, -0.1) is 10.2 Å². The van der Waals surface area contributed by atoms with E-state index in [0.29, 0.717) is 17.8 Å². The van der Waals surface area contributed by atoms with E-state index in [2.05, 4.69) is 15.5 Å². The van der Waals surface area contributed by atoms with E-state index in [9.17, 15) is 4.79 Å². The van der Waals surface area contributed by atoms with Crippen LogP contribution in [0.1, 0.15) is 17.0 Å². The fourth-order valence-corrected chi connectivity index (χ4v) is 2.21. The third-order valence-electron chi connectivity index (χ3n) is 3.36. The fourth-order valence-electron chi connectivity index (χ4n) is 2.21. The summed E-state index contributed by atoms with van der Waals surface area (Å²) in [6.07, 6.45) is 2.22. The van der Waals surface area contributed by atoms with E-state index in [-0.39, 0.29) is 5.91 Å². The highest BCUT2D eigenvalue weighted by Crippen LogP contribution is 2.15. The van der Waals surface area contributed by atoms with Gasteiger partial charge in [-0.3, -0.25) is 9.20 Å². The minimum atomic E-state index is -0.0624. The van der Waals surface area contributed by atoms with Crippen LogP contribution in [0.5, 0.6) is 0 Å². The van der Waals surface area contributed by atoms with Crippen LogP contribution in [0.3, 0.4) is 0 Å². The summed E-state index contributed by atoms with van der Waals surface area (Å²) in [5.41, 5.74) is 3.51. The zero-order valence-electron chi connectivity index (χ0n) is 12.0. The molecule has 3 rings (SSSR count). The predicted octanol–water partition coefficient (Wildman–Crippen LogP) is 2.53. The second kappa shape index (κ2) is 5.36. The van der Waals surface area contributed by atoms with Crippen LogP contribution in [-0.2, 0) is 11.2 Å². The number of hydrogen-bond acceptors (Lipinski definition) is 3. The minimum absolute atomic E-state index is 0.0624. The molecular weight excluding hydrogens is 264 g/mol. The lowest BCUT2D eigenvalue weighted by atomic mass is 10.1. The predicted molar refractivity (Wildman–Crippen MR) is 81.2 cm³/mol. The molecule has 0 aliphatic rings. The summed E-state index contributed by atoms with van der Waals surface area (Å²) in [5.74, 6) is 0.729. The lowest BCUT2D eigenvalue weighted by Crippen LogP contribution is -2.15. The Labute approximate surface area is 122 Å². The van der Waals surface area contributed by atoms with Crippen molar-refractivity contribution < 1.29 is 4.79 Å². The molecular formula is C16H16N4O. The molecule has 1 aromatic carbocycles. The first-order valence-electron chi connectivity index (χ1n) is 6.79. The number of anilines is 1. The number of pyridine rings is 1. The summed E-state index contributed by atoms with van der Waals surface area (Å²) < 4.78 is 1.85.